The normalized spacial score (nSPS) is 10.7. The lowest BCUT2D eigenvalue weighted by Crippen LogP contribution is -2.32. The van der Waals surface area contributed by atoms with Gasteiger partial charge in [-0.1, -0.05) is 46.9 Å². The van der Waals surface area contributed by atoms with Crippen molar-refractivity contribution in [3.63, 3.8) is 0 Å². The fraction of sp³-hybridized carbons (Fsp3) is 0.0870. The Hall–Kier alpha value is -3.26. The third kappa shape index (κ3) is 6.86. The predicted molar refractivity (Wildman–Crippen MR) is 130 cm³/mol. The molecule has 0 aromatic heterocycles. The van der Waals surface area contributed by atoms with Crippen molar-refractivity contribution in [2.45, 2.75) is 6.61 Å². The van der Waals surface area contributed by atoms with Crippen LogP contribution in [0.25, 0.3) is 0 Å². The molecule has 0 aliphatic carbocycles. The minimum Gasteiger partial charge on any atom is -0.497 e. The Morgan fingerprint density at radius 3 is 2.42 bits per heavy atom. The maximum atomic E-state index is 12.1. The smallest absolute Gasteiger partial charge is 0.329 e. The van der Waals surface area contributed by atoms with E-state index in [1.54, 1.807) is 60.7 Å². The summed E-state index contributed by atoms with van der Waals surface area (Å²) in [6, 6.07) is 16.6. The maximum Gasteiger partial charge on any atom is 0.329 e. The SMILES string of the molecule is COc1cccc(NC(=O)C(=O)N/N=C\c2cc(Cl)ccc2OCc2c(Cl)cccc2Cl)c1. The first-order valence-electron chi connectivity index (χ1n) is 9.51. The number of methoxy groups -OCH3 is 1. The number of anilines is 1. The lowest BCUT2D eigenvalue weighted by atomic mass is 10.2. The van der Waals surface area contributed by atoms with Crippen molar-refractivity contribution in [1.82, 2.24) is 5.43 Å². The number of rotatable bonds is 7. The molecule has 0 aliphatic rings. The number of carbonyl (C=O) groups is 2. The van der Waals surface area contributed by atoms with Gasteiger partial charge in [-0.15, -0.1) is 0 Å². The molecule has 0 bridgehead atoms. The highest BCUT2D eigenvalue weighted by molar-refractivity contribution is 6.39. The van der Waals surface area contributed by atoms with Crippen LogP contribution >= 0.6 is 34.8 Å². The number of carbonyl (C=O) groups excluding carboxylic acids is 2. The first-order valence-corrected chi connectivity index (χ1v) is 10.6. The number of ether oxygens (including phenoxy) is 2. The van der Waals surface area contributed by atoms with Crippen molar-refractivity contribution in [1.29, 1.82) is 0 Å². The maximum absolute atomic E-state index is 12.1. The van der Waals surface area contributed by atoms with E-state index in [0.717, 1.165) is 0 Å². The molecule has 0 saturated heterocycles. The van der Waals surface area contributed by atoms with Crippen LogP contribution in [0, 0.1) is 0 Å². The van der Waals surface area contributed by atoms with Crippen LogP contribution in [0.1, 0.15) is 11.1 Å². The molecule has 3 aromatic rings. The molecule has 3 aromatic carbocycles. The molecular weight excluding hydrogens is 489 g/mol. The van der Waals surface area contributed by atoms with Crippen LogP contribution in [0.4, 0.5) is 5.69 Å². The summed E-state index contributed by atoms with van der Waals surface area (Å²) in [7, 11) is 1.50. The number of nitrogens with one attached hydrogen (secondary N) is 2. The van der Waals surface area contributed by atoms with Crippen molar-refractivity contribution in [2.24, 2.45) is 5.10 Å². The topological polar surface area (TPSA) is 89.0 Å². The molecule has 33 heavy (non-hydrogen) atoms. The Morgan fingerprint density at radius 1 is 0.970 bits per heavy atom. The molecule has 10 heteroatoms. The minimum absolute atomic E-state index is 0.107. The van der Waals surface area contributed by atoms with E-state index in [1.165, 1.54) is 13.3 Å². The Kier molecular flexibility index (Phi) is 8.54. The molecule has 0 radical (unpaired) electrons. The summed E-state index contributed by atoms with van der Waals surface area (Å²) >= 11 is 18.4. The predicted octanol–water partition coefficient (Wildman–Crippen LogP) is 5.32. The molecule has 7 nitrogen and oxygen atoms in total. The third-order valence-electron chi connectivity index (χ3n) is 4.31. The molecule has 0 fully saturated rings. The molecule has 170 valence electrons. The van der Waals surface area contributed by atoms with Crippen molar-refractivity contribution in [3.8, 4) is 11.5 Å². The van der Waals surface area contributed by atoms with Crippen molar-refractivity contribution >= 4 is 58.5 Å². The molecular formula is C23H18Cl3N3O4. The zero-order valence-corrected chi connectivity index (χ0v) is 19.5. The number of nitrogens with zero attached hydrogens (tertiary/aromatic N) is 1. The highest BCUT2D eigenvalue weighted by Crippen LogP contribution is 2.28. The molecule has 3 rings (SSSR count). The quantitative estimate of drug-likeness (QED) is 0.258. The molecule has 2 amide bonds. The monoisotopic (exact) mass is 505 g/mol. The Bertz CT molecular complexity index is 1180. The van der Waals surface area contributed by atoms with E-state index in [0.29, 0.717) is 43.4 Å². The molecule has 0 spiro atoms. The van der Waals surface area contributed by atoms with Crippen LogP contribution in [0.2, 0.25) is 15.1 Å². The summed E-state index contributed by atoms with van der Waals surface area (Å²) in [4.78, 5) is 24.2. The molecule has 0 atom stereocenters. The third-order valence-corrected chi connectivity index (χ3v) is 5.25. The van der Waals surface area contributed by atoms with Crippen LogP contribution in [0.3, 0.4) is 0 Å². The summed E-state index contributed by atoms with van der Waals surface area (Å²) in [5.74, 6) is -0.884. The first kappa shape index (κ1) is 24.4. The van der Waals surface area contributed by atoms with Crippen molar-refractivity contribution in [2.75, 3.05) is 12.4 Å². The average Bonchev–Trinajstić information content (AvgIpc) is 2.80. The fourth-order valence-electron chi connectivity index (χ4n) is 2.67. The molecule has 0 unspecified atom stereocenters. The van der Waals surface area contributed by atoms with E-state index in [4.69, 9.17) is 44.3 Å². The fourth-order valence-corrected chi connectivity index (χ4v) is 3.36. The zero-order valence-electron chi connectivity index (χ0n) is 17.3. The van der Waals surface area contributed by atoms with Gasteiger partial charge in [0.1, 0.15) is 18.1 Å². The second kappa shape index (κ2) is 11.6. The summed E-state index contributed by atoms with van der Waals surface area (Å²) < 4.78 is 10.9. The lowest BCUT2D eigenvalue weighted by Gasteiger charge is -2.12. The first-order chi connectivity index (χ1) is 15.9. The molecule has 2 N–H and O–H groups in total. The Balaban J connectivity index is 1.64. The second-order valence-electron chi connectivity index (χ2n) is 6.56. The van der Waals surface area contributed by atoms with Gasteiger partial charge in [-0.3, -0.25) is 9.59 Å². The standard InChI is InChI=1S/C23H18Cl3N3O4/c1-32-17-5-2-4-16(11-17)28-22(30)23(31)29-27-12-14-10-15(24)8-9-21(14)33-13-18-19(25)6-3-7-20(18)26/h2-12H,13H2,1H3,(H,28,30)(H,29,31)/b27-12-. The largest absolute Gasteiger partial charge is 0.497 e. The van der Waals surface area contributed by atoms with Gasteiger partial charge >= 0.3 is 11.8 Å². The number of amides is 2. The molecule has 0 saturated carbocycles. The van der Waals surface area contributed by atoms with Gasteiger partial charge in [-0.05, 0) is 42.5 Å². The van der Waals surface area contributed by atoms with Crippen LogP contribution < -0.4 is 20.2 Å². The van der Waals surface area contributed by atoms with Gasteiger partial charge in [0.05, 0.1) is 13.3 Å². The minimum atomic E-state index is -0.957. The highest BCUT2D eigenvalue weighted by atomic mass is 35.5. The van der Waals surface area contributed by atoms with E-state index in [-0.39, 0.29) is 6.61 Å². The average molecular weight is 507 g/mol. The number of hydrazone groups is 1. The number of halogens is 3. The van der Waals surface area contributed by atoms with E-state index in [1.807, 2.05) is 0 Å². The van der Waals surface area contributed by atoms with Gasteiger partial charge in [0, 0.05) is 37.9 Å². The lowest BCUT2D eigenvalue weighted by molar-refractivity contribution is -0.136. The molecule has 0 aliphatic heterocycles. The van der Waals surface area contributed by atoms with Gasteiger partial charge < -0.3 is 14.8 Å². The van der Waals surface area contributed by atoms with Crippen molar-refractivity contribution in [3.05, 3.63) is 86.9 Å². The van der Waals surface area contributed by atoms with Crippen LogP contribution in [0.5, 0.6) is 11.5 Å². The van der Waals surface area contributed by atoms with Gasteiger partial charge in [0.2, 0.25) is 0 Å². The second-order valence-corrected chi connectivity index (χ2v) is 7.81. The van der Waals surface area contributed by atoms with Gasteiger partial charge in [-0.2, -0.15) is 5.10 Å². The summed E-state index contributed by atoms with van der Waals surface area (Å²) in [6.45, 7) is 0.107. The van der Waals surface area contributed by atoms with Crippen LogP contribution in [-0.2, 0) is 16.2 Å². The summed E-state index contributed by atoms with van der Waals surface area (Å²) in [6.07, 6.45) is 1.31. The Labute approximate surface area is 205 Å². The zero-order chi connectivity index (χ0) is 23.8. The number of benzene rings is 3. The summed E-state index contributed by atoms with van der Waals surface area (Å²) in [5.41, 5.74) is 3.67. The molecule has 0 heterocycles. The van der Waals surface area contributed by atoms with E-state index in [9.17, 15) is 9.59 Å². The Morgan fingerprint density at radius 2 is 1.70 bits per heavy atom. The van der Waals surface area contributed by atoms with Crippen molar-refractivity contribution < 1.29 is 19.1 Å². The van der Waals surface area contributed by atoms with E-state index < -0.39 is 11.8 Å². The van der Waals surface area contributed by atoms with Gasteiger partial charge in [0.15, 0.2) is 0 Å². The van der Waals surface area contributed by atoms with E-state index >= 15 is 0 Å². The van der Waals surface area contributed by atoms with Crippen LogP contribution in [0.15, 0.2) is 65.8 Å². The van der Waals surface area contributed by atoms with Gasteiger partial charge in [0.25, 0.3) is 0 Å². The number of hydrogen-bond donors (Lipinski definition) is 2. The van der Waals surface area contributed by atoms with Gasteiger partial charge in [-0.25, -0.2) is 5.43 Å². The highest BCUT2D eigenvalue weighted by Gasteiger charge is 2.14. The summed E-state index contributed by atoms with van der Waals surface area (Å²) in [5, 5.41) is 7.67. The number of hydrogen-bond acceptors (Lipinski definition) is 5. The van der Waals surface area contributed by atoms with Crippen LogP contribution in [-0.4, -0.2) is 25.1 Å². The van der Waals surface area contributed by atoms with E-state index in [2.05, 4.69) is 15.8 Å².